The van der Waals surface area contributed by atoms with E-state index in [2.05, 4.69) is 17.6 Å². The van der Waals surface area contributed by atoms with E-state index in [-0.39, 0.29) is 0 Å². The molecule has 1 aliphatic rings. The van der Waals surface area contributed by atoms with Gasteiger partial charge in [0.15, 0.2) is 11.5 Å². The van der Waals surface area contributed by atoms with Gasteiger partial charge in [-0.1, -0.05) is 25.3 Å². The van der Waals surface area contributed by atoms with Crippen LogP contribution in [0.3, 0.4) is 0 Å². The first kappa shape index (κ1) is 10.2. The highest BCUT2D eigenvalue weighted by atomic mass is 32.1. The van der Waals surface area contributed by atoms with Gasteiger partial charge in [-0.15, -0.1) is 12.6 Å². The number of aromatic nitrogens is 1. The number of rotatable bonds is 1. The molecule has 0 amide bonds. The van der Waals surface area contributed by atoms with E-state index in [1.165, 1.54) is 32.1 Å². The zero-order valence-electron chi connectivity index (χ0n) is 9.15. The Morgan fingerprint density at radius 2 is 2.00 bits per heavy atom. The Hall–Kier alpha value is -0.960. The van der Waals surface area contributed by atoms with Crippen LogP contribution in [0.1, 0.15) is 43.9 Å². The van der Waals surface area contributed by atoms with Crippen LogP contribution in [0.15, 0.2) is 27.5 Å². The molecule has 0 saturated heterocycles. The highest BCUT2D eigenvalue weighted by Gasteiger charge is 2.21. The maximum Gasteiger partial charge on any atom is 0.198 e. The lowest BCUT2D eigenvalue weighted by atomic mass is 9.89. The fourth-order valence-corrected chi connectivity index (χ4v) is 2.72. The molecule has 84 valence electrons. The average Bonchev–Trinajstić information content (AvgIpc) is 2.76. The van der Waals surface area contributed by atoms with Crippen LogP contribution in [0.4, 0.5) is 0 Å². The maximum absolute atomic E-state index is 5.83. The Morgan fingerprint density at radius 3 is 2.75 bits per heavy atom. The molecule has 0 atom stereocenters. The number of benzene rings is 1. The third-order valence-corrected chi connectivity index (χ3v) is 3.73. The van der Waals surface area contributed by atoms with E-state index in [1.54, 1.807) is 0 Å². The van der Waals surface area contributed by atoms with Crippen molar-refractivity contribution in [3.8, 4) is 0 Å². The van der Waals surface area contributed by atoms with E-state index in [0.29, 0.717) is 5.92 Å². The number of nitrogens with zero attached hydrogens (tertiary/aromatic N) is 1. The summed E-state index contributed by atoms with van der Waals surface area (Å²) in [5, 5.41) is 0. The number of oxazole rings is 1. The van der Waals surface area contributed by atoms with Gasteiger partial charge in [0.25, 0.3) is 0 Å². The quantitative estimate of drug-likeness (QED) is 0.748. The van der Waals surface area contributed by atoms with Crippen LogP contribution in [0.2, 0.25) is 0 Å². The van der Waals surface area contributed by atoms with E-state index < -0.39 is 0 Å². The summed E-state index contributed by atoms with van der Waals surface area (Å²) in [6.45, 7) is 0. The van der Waals surface area contributed by atoms with Crippen LogP contribution in [0.25, 0.3) is 11.1 Å². The minimum absolute atomic E-state index is 0.522. The van der Waals surface area contributed by atoms with E-state index in [9.17, 15) is 0 Å². The van der Waals surface area contributed by atoms with Gasteiger partial charge in [0, 0.05) is 10.8 Å². The van der Waals surface area contributed by atoms with Gasteiger partial charge in [-0.3, -0.25) is 0 Å². The molecule has 3 rings (SSSR count). The van der Waals surface area contributed by atoms with Crippen molar-refractivity contribution in [3.05, 3.63) is 24.1 Å². The van der Waals surface area contributed by atoms with Crippen LogP contribution in [0.5, 0.6) is 0 Å². The van der Waals surface area contributed by atoms with Gasteiger partial charge in [-0.2, -0.15) is 0 Å². The van der Waals surface area contributed by atoms with E-state index in [4.69, 9.17) is 4.42 Å². The molecule has 3 heteroatoms. The topological polar surface area (TPSA) is 26.0 Å². The van der Waals surface area contributed by atoms with Gasteiger partial charge >= 0.3 is 0 Å². The minimum Gasteiger partial charge on any atom is -0.440 e. The number of hydrogen-bond donors (Lipinski definition) is 1. The van der Waals surface area contributed by atoms with Crippen LogP contribution < -0.4 is 0 Å². The summed E-state index contributed by atoms with van der Waals surface area (Å²) in [6.07, 6.45) is 6.40. The molecule has 1 aliphatic carbocycles. The van der Waals surface area contributed by atoms with Crippen LogP contribution in [-0.4, -0.2) is 4.98 Å². The monoisotopic (exact) mass is 233 g/mol. The van der Waals surface area contributed by atoms with Crippen LogP contribution in [0, 0.1) is 0 Å². The zero-order valence-corrected chi connectivity index (χ0v) is 10.0. The molecule has 1 aromatic heterocycles. The average molecular weight is 233 g/mol. The smallest absolute Gasteiger partial charge is 0.198 e. The summed E-state index contributed by atoms with van der Waals surface area (Å²) in [6, 6.07) is 5.88. The van der Waals surface area contributed by atoms with Crippen molar-refractivity contribution >= 4 is 23.7 Å². The first-order chi connectivity index (χ1) is 7.84. The molecule has 1 aromatic carbocycles. The summed E-state index contributed by atoms with van der Waals surface area (Å²) >= 11 is 4.41. The van der Waals surface area contributed by atoms with E-state index >= 15 is 0 Å². The molecular weight excluding hydrogens is 218 g/mol. The van der Waals surface area contributed by atoms with Gasteiger partial charge in [0.2, 0.25) is 0 Å². The summed E-state index contributed by atoms with van der Waals surface area (Å²) in [5.41, 5.74) is 1.78. The van der Waals surface area contributed by atoms with Gasteiger partial charge in [0.1, 0.15) is 5.52 Å². The van der Waals surface area contributed by atoms with Crippen LogP contribution >= 0.6 is 12.6 Å². The second-order valence-electron chi connectivity index (χ2n) is 4.51. The summed E-state index contributed by atoms with van der Waals surface area (Å²) in [5.74, 6) is 1.44. The van der Waals surface area contributed by atoms with Crippen LogP contribution in [-0.2, 0) is 0 Å². The van der Waals surface area contributed by atoms with Crippen molar-refractivity contribution in [1.82, 2.24) is 4.98 Å². The predicted molar refractivity (Wildman–Crippen MR) is 67.1 cm³/mol. The van der Waals surface area contributed by atoms with Gasteiger partial charge in [-0.05, 0) is 25.0 Å². The van der Waals surface area contributed by atoms with Crippen molar-refractivity contribution in [2.24, 2.45) is 0 Å². The lowest BCUT2D eigenvalue weighted by Gasteiger charge is -2.17. The van der Waals surface area contributed by atoms with E-state index in [1.807, 2.05) is 18.2 Å². The summed E-state index contributed by atoms with van der Waals surface area (Å²) in [7, 11) is 0. The lowest BCUT2D eigenvalue weighted by molar-refractivity contribution is 0.373. The third-order valence-electron chi connectivity index (χ3n) is 3.37. The number of hydrogen-bond acceptors (Lipinski definition) is 3. The Kier molecular flexibility index (Phi) is 2.64. The zero-order chi connectivity index (χ0) is 11.0. The molecule has 0 radical (unpaired) electrons. The van der Waals surface area contributed by atoms with E-state index in [0.717, 1.165) is 21.9 Å². The Morgan fingerprint density at radius 1 is 1.19 bits per heavy atom. The van der Waals surface area contributed by atoms with Crippen molar-refractivity contribution in [2.45, 2.75) is 42.9 Å². The largest absolute Gasteiger partial charge is 0.440 e. The molecule has 1 fully saturated rings. The van der Waals surface area contributed by atoms with Gasteiger partial charge in [-0.25, -0.2) is 4.98 Å². The highest BCUT2D eigenvalue weighted by Crippen LogP contribution is 2.34. The second kappa shape index (κ2) is 4.13. The Balaban J connectivity index is 2.01. The van der Waals surface area contributed by atoms with Crippen molar-refractivity contribution in [3.63, 3.8) is 0 Å². The number of fused-ring (bicyclic) bond motifs is 1. The number of para-hydroxylation sites is 1. The second-order valence-corrected chi connectivity index (χ2v) is 4.99. The molecule has 2 nitrogen and oxygen atoms in total. The lowest BCUT2D eigenvalue weighted by Crippen LogP contribution is -2.04. The van der Waals surface area contributed by atoms with Crippen molar-refractivity contribution in [2.75, 3.05) is 0 Å². The fourth-order valence-electron chi connectivity index (χ4n) is 2.48. The molecule has 0 N–H and O–H groups in total. The molecule has 0 unspecified atom stereocenters. The standard InChI is InChI=1S/C13H15NOS/c16-11-8-4-7-10-12(11)14-13(15-10)9-5-2-1-3-6-9/h4,7-9,16H,1-3,5-6H2. The summed E-state index contributed by atoms with van der Waals surface area (Å²) < 4.78 is 5.83. The molecular formula is C13H15NOS. The molecule has 0 aliphatic heterocycles. The van der Waals surface area contributed by atoms with Gasteiger partial charge < -0.3 is 4.42 Å². The molecule has 16 heavy (non-hydrogen) atoms. The minimum atomic E-state index is 0.522. The molecule has 0 spiro atoms. The number of thiol groups is 1. The van der Waals surface area contributed by atoms with Gasteiger partial charge in [0.05, 0.1) is 0 Å². The SMILES string of the molecule is Sc1cccc2oc(C3CCCCC3)nc12. The molecule has 2 aromatic rings. The van der Waals surface area contributed by atoms with Crippen molar-refractivity contribution in [1.29, 1.82) is 0 Å². The summed E-state index contributed by atoms with van der Waals surface area (Å²) in [4.78, 5) is 5.50. The first-order valence-electron chi connectivity index (χ1n) is 5.93. The van der Waals surface area contributed by atoms with Crippen molar-refractivity contribution < 1.29 is 4.42 Å². The molecule has 0 bridgehead atoms. The molecule has 1 saturated carbocycles. The first-order valence-corrected chi connectivity index (χ1v) is 6.38. The fraction of sp³-hybridized carbons (Fsp3) is 0.462. The normalized spacial score (nSPS) is 18.1. The maximum atomic E-state index is 5.83. The highest BCUT2D eigenvalue weighted by molar-refractivity contribution is 7.80. The Bertz CT molecular complexity index is 500. The Labute approximate surface area is 100 Å². The third kappa shape index (κ3) is 1.73. The predicted octanol–water partition coefficient (Wildman–Crippen LogP) is 4.16. The molecule has 1 heterocycles.